The third-order valence-corrected chi connectivity index (χ3v) is 3.93. The van der Waals surface area contributed by atoms with E-state index in [1.807, 2.05) is 0 Å². The molecule has 1 saturated heterocycles. The highest BCUT2D eigenvalue weighted by molar-refractivity contribution is 5.85. The first-order valence-corrected chi connectivity index (χ1v) is 8.20. The summed E-state index contributed by atoms with van der Waals surface area (Å²) < 4.78 is 34.7. The minimum absolute atomic E-state index is 0. The number of alkyl halides is 2. The van der Waals surface area contributed by atoms with Crippen molar-refractivity contribution in [2.45, 2.75) is 45.4 Å². The Bertz CT molecular complexity index is 555. The molecule has 1 unspecified atom stereocenters. The summed E-state index contributed by atoms with van der Waals surface area (Å²) in [6, 6.07) is 4.61. The first-order valence-electron chi connectivity index (χ1n) is 8.20. The number of nitrogens with one attached hydrogen (secondary N) is 1. The van der Waals surface area contributed by atoms with E-state index in [2.05, 4.69) is 10.1 Å². The molecule has 0 saturated carbocycles. The number of carbonyl (C=O) groups excluding carboxylic acids is 1. The lowest BCUT2D eigenvalue weighted by Crippen LogP contribution is -2.46. The maximum absolute atomic E-state index is 12.4. The third kappa shape index (κ3) is 6.32. The zero-order valence-electron chi connectivity index (χ0n) is 14.5. The second kappa shape index (κ2) is 10.4. The highest BCUT2D eigenvalue weighted by Gasteiger charge is 2.23. The van der Waals surface area contributed by atoms with E-state index in [1.54, 1.807) is 31.0 Å². The molecule has 1 aliphatic heterocycles. The average Bonchev–Trinajstić information content (AvgIpc) is 2.57. The van der Waals surface area contributed by atoms with Gasteiger partial charge in [0.15, 0.2) is 11.5 Å². The summed E-state index contributed by atoms with van der Waals surface area (Å²) in [5.41, 5.74) is 0.798. The van der Waals surface area contributed by atoms with Crippen LogP contribution in [-0.2, 0) is 11.3 Å². The molecule has 0 spiro atoms. The number of rotatable bonds is 7. The predicted molar refractivity (Wildman–Crippen MR) is 93.6 cm³/mol. The molecular formula is C17H25ClF2N2O3. The van der Waals surface area contributed by atoms with Gasteiger partial charge in [-0.05, 0) is 44.0 Å². The van der Waals surface area contributed by atoms with Crippen molar-refractivity contribution in [3.05, 3.63) is 23.8 Å². The van der Waals surface area contributed by atoms with Gasteiger partial charge in [-0.1, -0.05) is 12.5 Å². The van der Waals surface area contributed by atoms with Gasteiger partial charge in [0.1, 0.15) is 0 Å². The number of amides is 1. The largest absolute Gasteiger partial charge is 0.490 e. The Morgan fingerprint density at radius 1 is 1.36 bits per heavy atom. The Balaban J connectivity index is 0.00000312. The van der Waals surface area contributed by atoms with Crippen LogP contribution in [0.4, 0.5) is 8.78 Å². The molecule has 5 nitrogen and oxygen atoms in total. The molecule has 1 amide bonds. The van der Waals surface area contributed by atoms with Crippen molar-refractivity contribution >= 4 is 18.3 Å². The number of likely N-dealkylation sites (N-methyl/N-ethyl adjacent to an activating group) is 1. The van der Waals surface area contributed by atoms with Crippen LogP contribution >= 0.6 is 12.4 Å². The van der Waals surface area contributed by atoms with E-state index in [-0.39, 0.29) is 35.9 Å². The van der Waals surface area contributed by atoms with Crippen LogP contribution in [0.1, 0.15) is 31.7 Å². The van der Waals surface area contributed by atoms with Crippen molar-refractivity contribution in [2.75, 3.05) is 20.2 Å². The molecule has 142 valence electrons. The molecule has 1 atom stereocenters. The molecule has 8 heteroatoms. The fourth-order valence-electron chi connectivity index (χ4n) is 2.79. The van der Waals surface area contributed by atoms with E-state index in [0.29, 0.717) is 13.2 Å². The van der Waals surface area contributed by atoms with E-state index < -0.39 is 6.61 Å². The number of hydrogen-bond acceptors (Lipinski definition) is 4. The second-order valence-electron chi connectivity index (χ2n) is 5.79. The van der Waals surface area contributed by atoms with Crippen molar-refractivity contribution in [1.29, 1.82) is 0 Å². The highest BCUT2D eigenvalue weighted by Crippen LogP contribution is 2.30. The van der Waals surface area contributed by atoms with Crippen LogP contribution in [0.25, 0.3) is 0 Å². The Hall–Kier alpha value is -1.60. The van der Waals surface area contributed by atoms with Crippen LogP contribution in [0.3, 0.4) is 0 Å². The van der Waals surface area contributed by atoms with E-state index >= 15 is 0 Å². The maximum atomic E-state index is 12.4. The number of ether oxygens (including phenoxy) is 2. The standard InChI is InChI=1S/C17H24F2N2O3.ClH/c1-3-23-15-10-12(7-8-14(15)24-17(18)19)11-21(2)16(22)13-6-4-5-9-20-13;/h7-8,10,13,17,20H,3-6,9,11H2,1-2H3;1H. The Kier molecular flexibility index (Phi) is 8.92. The summed E-state index contributed by atoms with van der Waals surface area (Å²) >= 11 is 0. The molecular weight excluding hydrogens is 354 g/mol. The van der Waals surface area contributed by atoms with Crippen LogP contribution in [0.2, 0.25) is 0 Å². The quantitative estimate of drug-likeness (QED) is 0.791. The Morgan fingerprint density at radius 2 is 2.12 bits per heavy atom. The SMILES string of the molecule is CCOc1cc(CN(C)C(=O)C2CCCCN2)ccc1OC(F)F.Cl. The number of benzene rings is 1. The zero-order chi connectivity index (χ0) is 17.5. The zero-order valence-corrected chi connectivity index (χ0v) is 15.3. The van der Waals surface area contributed by atoms with Gasteiger partial charge in [0.25, 0.3) is 0 Å². The van der Waals surface area contributed by atoms with Gasteiger partial charge in [-0.15, -0.1) is 12.4 Å². The van der Waals surface area contributed by atoms with Gasteiger partial charge in [-0.3, -0.25) is 4.79 Å². The number of carbonyl (C=O) groups is 1. The third-order valence-electron chi connectivity index (χ3n) is 3.93. The molecule has 1 aliphatic rings. The van der Waals surface area contributed by atoms with Crippen LogP contribution in [0, 0.1) is 0 Å². The Labute approximate surface area is 153 Å². The fourth-order valence-corrected chi connectivity index (χ4v) is 2.79. The highest BCUT2D eigenvalue weighted by atomic mass is 35.5. The number of piperidine rings is 1. The number of nitrogens with zero attached hydrogens (tertiary/aromatic N) is 1. The lowest BCUT2D eigenvalue weighted by atomic mass is 10.0. The first-order chi connectivity index (χ1) is 11.5. The molecule has 0 aromatic heterocycles. The molecule has 25 heavy (non-hydrogen) atoms. The maximum Gasteiger partial charge on any atom is 0.387 e. The van der Waals surface area contributed by atoms with Crippen LogP contribution in [0.5, 0.6) is 11.5 Å². The summed E-state index contributed by atoms with van der Waals surface area (Å²) in [5, 5.41) is 3.23. The summed E-state index contributed by atoms with van der Waals surface area (Å²) in [6.07, 6.45) is 2.98. The van der Waals surface area contributed by atoms with Gasteiger partial charge in [0.05, 0.1) is 12.6 Å². The van der Waals surface area contributed by atoms with Crippen LogP contribution in [0.15, 0.2) is 18.2 Å². The van der Waals surface area contributed by atoms with E-state index in [9.17, 15) is 13.6 Å². The van der Waals surface area contributed by atoms with E-state index in [0.717, 1.165) is 31.4 Å². The second-order valence-corrected chi connectivity index (χ2v) is 5.79. The van der Waals surface area contributed by atoms with Crippen LogP contribution < -0.4 is 14.8 Å². The minimum atomic E-state index is -2.91. The average molecular weight is 379 g/mol. The lowest BCUT2D eigenvalue weighted by molar-refractivity contribution is -0.133. The van der Waals surface area contributed by atoms with Crippen LogP contribution in [-0.4, -0.2) is 43.7 Å². The predicted octanol–water partition coefficient (Wildman–Crippen LogP) is 3.21. The molecule has 1 heterocycles. The molecule has 1 aromatic carbocycles. The number of halogens is 3. The van der Waals surface area contributed by atoms with Gasteiger partial charge in [-0.25, -0.2) is 0 Å². The fraction of sp³-hybridized carbons (Fsp3) is 0.588. The van der Waals surface area contributed by atoms with Crippen molar-refractivity contribution in [3.63, 3.8) is 0 Å². The molecule has 1 aromatic rings. The van der Waals surface area contributed by atoms with Gasteiger partial charge in [0, 0.05) is 13.6 Å². The molecule has 1 fully saturated rings. The van der Waals surface area contributed by atoms with Gasteiger partial charge >= 0.3 is 6.61 Å². The molecule has 0 aliphatic carbocycles. The van der Waals surface area contributed by atoms with Crippen molar-refractivity contribution < 1.29 is 23.0 Å². The first kappa shape index (κ1) is 21.4. The van der Waals surface area contributed by atoms with E-state index in [4.69, 9.17) is 4.74 Å². The summed E-state index contributed by atoms with van der Waals surface area (Å²) in [7, 11) is 1.74. The molecule has 2 rings (SSSR count). The van der Waals surface area contributed by atoms with Crippen molar-refractivity contribution in [1.82, 2.24) is 10.2 Å². The van der Waals surface area contributed by atoms with Crippen molar-refractivity contribution in [3.8, 4) is 11.5 Å². The minimum Gasteiger partial charge on any atom is -0.490 e. The monoisotopic (exact) mass is 378 g/mol. The topological polar surface area (TPSA) is 50.8 Å². The number of hydrogen-bond donors (Lipinski definition) is 1. The van der Waals surface area contributed by atoms with Crippen molar-refractivity contribution in [2.24, 2.45) is 0 Å². The smallest absolute Gasteiger partial charge is 0.387 e. The van der Waals surface area contributed by atoms with Gasteiger partial charge in [0.2, 0.25) is 5.91 Å². The molecule has 0 bridgehead atoms. The molecule has 0 radical (unpaired) electrons. The summed E-state index contributed by atoms with van der Waals surface area (Å²) in [6.45, 7) is 0.439. The van der Waals surface area contributed by atoms with E-state index in [1.165, 1.54) is 6.07 Å². The molecule has 1 N–H and O–H groups in total. The normalized spacial score (nSPS) is 16.9. The van der Waals surface area contributed by atoms with Gasteiger partial charge in [-0.2, -0.15) is 8.78 Å². The lowest BCUT2D eigenvalue weighted by Gasteiger charge is -2.27. The van der Waals surface area contributed by atoms with Gasteiger partial charge < -0.3 is 19.7 Å². The summed E-state index contributed by atoms with van der Waals surface area (Å²) in [5.74, 6) is 0.297. The Morgan fingerprint density at radius 3 is 2.72 bits per heavy atom. The summed E-state index contributed by atoms with van der Waals surface area (Å²) in [4.78, 5) is 14.1.